The van der Waals surface area contributed by atoms with E-state index >= 15 is 0 Å². The van der Waals surface area contributed by atoms with E-state index in [1.165, 1.54) is 30.5 Å². The minimum Gasteiger partial charge on any atom is -0.480 e. The largest absolute Gasteiger partial charge is 0.480 e. The Bertz CT molecular complexity index is 723. The lowest BCUT2D eigenvalue weighted by Gasteiger charge is -2.28. The molecule has 2 atom stereocenters. The Hall–Kier alpha value is -2.00. The van der Waals surface area contributed by atoms with Gasteiger partial charge in [0.1, 0.15) is 17.2 Å². The van der Waals surface area contributed by atoms with Gasteiger partial charge in [-0.05, 0) is 6.07 Å². The van der Waals surface area contributed by atoms with Gasteiger partial charge < -0.3 is 14.7 Å². The fourth-order valence-corrected chi connectivity index (χ4v) is 4.62. The number of carboxylic acids is 1. The summed E-state index contributed by atoms with van der Waals surface area (Å²) in [6, 6.07) is 5.80. The number of carbonyl (C=O) groups excluding carboxylic acids is 3. The zero-order chi connectivity index (χ0) is 19.3. The number of thioether (sulfide) groups is 2. The Balaban J connectivity index is 2.28. The van der Waals surface area contributed by atoms with E-state index in [0.29, 0.717) is 17.1 Å². The van der Waals surface area contributed by atoms with Gasteiger partial charge in [-0.15, -0.1) is 11.8 Å². The van der Waals surface area contributed by atoms with E-state index in [2.05, 4.69) is 0 Å². The number of carboxylic acid groups (broad SMARTS) is 1. The van der Waals surface area contributed by atoms with E-state index < -0.39 is 23.4 Å². The molecule has 1 fully saturated rings. The minimum absolute atomic E-state index is 0.0564. The van der Waals surface area contributed by atoms with Crippen LogP contribution in [0.5, 0.6) is 5.75 Å². The Morgan fingerprint density at radius 1 is 1.27 bits per heavy atom. The summed E-state index contributed by atoms with van der Waals surface area (Å²) < 4.78 is 5.21. The molecule has 26 heavy (non-hydrogen) atoms. The Kier molecular flexibility index (Phi) is 7.10. The molecular weight excluding hydrogens is 378 g/mol. The first-order valence-corrected chi connectivity index (χ1v) is 9.91. The summed E-state index contributed by atoms with van der Waals surface area (Å²) >= 11 is 2.34. The summed E-state index contributed by atoms with van der Waals surface area (Å²) in [5, 5.41) is 8.81. The number of aliphatic carboxylic acids is 1. The summed E-state index contributed by atoms with van der Waals surface area (Å²) in [5.74, 6) is -1.10. The molecule has 1 amide bonds. The van der Waals surface area contributed by atoms with Crippen molar-refractivity contribution in [3.63, 3.8) is 0 Å². The third kappa shape index (κ3) is 5.01. The smallest absolute Gasteiger partial charge is 0.327 e. The third-order valence-corrected chi connectivity index (χ3v) is 5.75. The van der Waals surface area contributed by atoms with Crippen molar-refractivity contribution in [2.45, 2.75) is 31.7 Å². The van der Waals surface area contributed by atoms with Gasteiger partial charge in [0.2, 0.25) is 5.91 Å². The molecule has 0 aliphatic carbocycles. The van der Waals surface area contributed by atoms with Crippen LogP contribution in [0.2, 0.25) is 0 Å². The molecular formula is C17H19NO6S2. The molecule has 0 aromatic heterocycles. The molecule has 1 heterocycles. The molecule has 0 saturated carbocycles. The molecule has 0 unspecified atom stereocenters. The standard InChI is InChI=1S/C17H19NO6S2/c1-10(19)24-14-6-4-3-5-12(14)16-18(13(9-26-16)17(22)23)15(21)7-8-25-11(2)20/h3-6,13,16H,7-9H2,1-2H3,(H,22,23)/t13-,16+/m0/s1. The predicted octanol–water partition coefficient (Wildman–Crippen LogP) is 2.31. The van der Waals surface area contributed by atoms with E-state index in [-0.39, 0.29) is 23.2 Å². The highest BCUT2D eigenvalue weighted by Gasteiger charge is 2.43. The van der Waals surface area contributed by atoms with Crippen molar-refractivity contribution in [3.8, 4) is 5.75 Å². The number of hydrogen-bond donors (Lipinski definition) is 1. The summed E-state index contributed by atoms with van der Waals surface area (Å²) in [7, 11) is 0. The molecule has 140 valence electrons. The van der Waals surface area contributed by atoms with E-state index in [1.807, 2.05) is 0 Å². The molecule has 1 aliphatic heterocycles. The van der Waals surface area contributed by atoms with Crippen molar-refractivity contribution in [3.05, 3.63) is 29.8 Å². The maximum Gasteiger partial charge on any atom is 0.327 e. The maximum atomic E-state index is 12.7. The molecule has 1 aromatic carbocycles. The van der Waals surface area contributed by atoms with Crippen LogP contribution in [0, 0.1) is 0 Å². The fraction of sp³-hybridized carbons (Fsp3) is 0.412. The zero-order valence-corrected chi connectivity index (χ0v) is 16.0. The molecule has 1 aromatic rings. The predicted molar refractivity (Wildman–Crippen MR) is 99.0 cm³/mol. The second-order valence-electron chi connectivity index (χ2n) is 5.56. The van der Waals surface area contributed by atoms with Crippen LogP contribution < -0.4 is 4.74 Å². The van der Waals surface area contributed by atoms with Gasteiger partial charge in [0, 0.05) is 37.3 Å². The van der Waals surface area contributed by atoms with Gasteiger partial charge in [-0.1, -0.05) is 30.0 Å². The Morgan fingerprint density at radius 2 is 1.96 bits per heavy atom. The van der Waals surface area contributed by atoms with Crippen molar-refractivity contribution in [2.75, 3.05) is 11.5 Å². The highest BCUT2D eigenvalue weighted by atomic mass is 32.2. The Labute approximate surface area is 159 Å². The number of benzene rings is 1. The number of amides is 1. The van der Waals surface area contributed by atoms with E-state index in [9.17, 15) is 24.3 Å². The monoisotopic (exact) mass is 397 g/mol. The zero-order valence-electron chi connectivity index (χ0n) is 14.3. The van der Waals surface area contributed by atoms with Crippen molar-refractivity contribution in [1.29, 1.82) is 0 Å². The van der Waals surface area contributed by atoms with E-state index in [4.69, 9.17) is 4.74 Å². The Morgan fingerprint density at radius 3 is 2.58 bits per heavy atom. The van der Waals surface area contributed by atoms with Crippen LogP contribution in [-0.4, -0.2) is 50.5 Å². The molecule has 2 rings (SSSR count). The average molecular weight is 397 g/mol. The first-order chi connectivity index (χ1) is 12.3. The van der Waals surface area contributed by atoms with Gasteiger partial charge in [0.15, 0.2) is 5.12 Å². The average Bonchev–Trinajstić information content (AvgIpc) is 2.99. The lowest BCUT2D eigenvalue weighted by atomic mass is 10.1. The molecule has 1 aliphatic rings. The van der Waals surface area contributed by atoms with Crippen LogP contribution in [0.3, 0.4) is 0 Å². The molecule has 9 heteroatoms. The highest BCUT2D eigenvalue weighted by Crippen LogP contribution is 2.45. The van der Waals surface area contributed by atoms with Crippen molar-refractivity contribution < 1.29 is 29.0 Å². The van der Waals surface area contributed by atoms with Crippen LogP contribution in [0.15, 0.2) is 24.3 Å². The van der Waals surface area contributed by atoms with Gasteiger partial charge in [-0.2, -0.15) is 0 Å². The first kappa shape index (κ1) is 20.3. The number of hydrogen-bond acceptors (Lipinski definition) is 7. The van der Waals surface area contributed by atoms with Crippen LogP contribution >= 0.6 is 23.5 Å². The number of nitrogens with zero attached hydrogens (tertiary/aromatic N) is 1. The quantitative estimate of drug-likeness (QED) is 0.576. The topological polar surface area (TPSA) is 101 Å². The second-order valence-corrected chi connectivity index (χ2v) is 7.95. The van der Waals surface area contributed by atoms with Crippen LogP contribution in [0.25, 0.3) is 0 Å². The van der Waals surface area contributed by atoms with E-state index in [1.54, 1.807) is 24.3 Å². The molecule has 1 saturated heterocycles. The van der Waals surface area contributed by atoms with Gasteiger partial charge in [-0.3, -0.25) is 14.4 Å². The summed E-state index contributed by atoms with van der Waals surface area (Å²) in [6.07, 6.45) is 0.0564. The van der Waals surface area contributed by atoms with Crippen LogP contribution in [0.1, 0.15) is 31.2 Å². The second kappa shape index (κ2) is 9.09. The summed E-state index contributed by atoms with van der Waals surface area (Å²) in [6.45, 7) is 2.69. The molecule has 0 radical (unpaired) electrons. The minimum atomic E-state index is -1.09. The normalized spacial score (nSPS) is 19.2. The van der Waals surface area contributed by atoms with Gasteiger partial charge in [0.05, 0.1) is 0 Å². The molecule has 0 bridgehead atoms. The molecule has 0 spiro atoms. The van der Waals surface area contributed by atoms with Crippen molar-refractivity contribution in [2.24, 2.45) is 0 Å². The van der Waals surface area contributed by atoms with Gasteiger partial charge in [-0.25, -0.2) is 4.79 Å². The lowest BCUT2D eigenvalue weighted by Crippen LogP contribution is -2.43. The van der Waals surface area contributed by atoms with Gasteiger partial charge >= 0.3 is 11.9 Å². The summed E-state index contributed by atoms with van der Waals surface area (Å²) in [4.78, 5) is 48.0. The number of rotatable bonds is 6. The number of esters is 1. The maximum absolute atomic E-state index is 12.7. The summed E-state index contributed by atoms with van der Waals surface area (Å²) in [5.41, 5.74) is 0.573. The lowest BCUT2D eigenvalue weighted by molar-refractivity contribution is -0.149. The van der Waals surface area contributed by atoms with Crippen LogP contribution in [0.4, 0.5) is 0 Å². The first-order valence-electron chi connectivity index (χ1n) is 7.87. The number of para-hydroxylation sites is 1. The van der Waals surface area contributed by atoms with Gasteiger partial charge in [0.25, 0.3) is 0 Å². The molecule has 7 nitrogen and oxygen atoms in total. The SMILES string of the molecule is CC(=O)Oc1ccccc1[C@H]1SC[C@@H](C(=O)O)N1C(=O)CCSC(C)=O. The van der Waals surface area contributed by atoms with Crippen LogP contribution in [-0.2, 0) is 19.2 Å². The number of ether oxygens (including phenoxy) is 1. The van der Waals surface area contributed by atoms with Crippen molar-refractivity contribution in [1.82, 2.24) is 4.90 Å². The van der Waals surface area contributed by atoms with Crippen molar-refractivity contribution >= 4 is 46.5 Å². The van der Waals surface area contributed by atoms with E-state index in [0.717, 1.165) is 11.8 Å². The molecule has 1 N–H and O–H groups in total. The fourth-order valence-electron chi connectivity index (χ4n) is 2.58. The highest BCUT2D eigenvalue weighted by molar-refractivity contribution is 8.13. The number of carbonyl (C=O) groups is 4. The third-order valence-electron chi connectivity index (χ3n) is 3.63.